The lowest BCUT2D eigenvalue weighted by molar-refractivity contribution is -0.135. The molecule has 6 N–H and O–H groups in total. The molecule has 3 unspecified atom stereocenters. The van der Waals surface area contributed by atoms with Gasteiger partial charge in [-0.1, -0.05) is 54.6 Å². The van der Waals surface area contributed by atoms with E-state index in [1.165, 1.54) is 4.90 Å². The van der Waals surface area contributed by atoms with Crippen molar-refractivity contribution < 1.29 is 19.5 Å². The van der Waals surface area contributed by atoms with E-state index in [1.807, 2.05) is 24.3 Å². The van der Waals surface area contributed by atoms with Gasteiger partial charge in [-0.2, -0.15) is 0 Å². The average molecular weight is 467 g/mol. The topological polar surface area (TPSA) is 139 Å². The fourth-order valence-corrected chi connectivity index (χ4v) is 4.60. The van der Waals surface area contributed by atoms with Gasteiger partial charge in [-0.3, -0.25) is 24.6 Å². The van der Waals surface area contributed by atoms with Gasteiger partial charge in [-0.25, -0.2) is 0 Å². The summed E-state index contributed by atoms with van der Waals surface area (Å²) >= 11 is 1.58. The van der Waals surface area contributed by atoms with Crippen molar-refractivity contribution >= 4 is 35.2 Å². The Bertz CT molecular complexity index is 1040. The lowest BCUT2D eigenvalue weighted by Gasteiger charge is -2.21. The van der Waals surface area contributed by atoms with Crippen molar-refractivity contribution in [2.45, 2.75) is 23.2 Å². The first-order chi connectivity index (χ1) is 15.9. The molecule has 8 nitrogen and oxygen atoms in total. The van der Waals surface area contributed by atoms with Crippen molar-refractivity contribution in [3.63, 3.8) is 0 Å². The number of carboxylic acids is 1. The normalized spacial score (nSPS) is 20.3. The molecule has 172 valence electrons. The highest BCUT2D eigenvalue weighted by atomic mass is 32.2. The van der Waals surface area contributed by atoms with Crippen LogP contribution in [-0.2, 0) is 16.1 Å². The van der Waals surface area contributed by atoms with Crippen LogP contribution in [0.3, 0.4) is 0 Å². The SMILES string of the molecule is NC(=O)C1NC2C=CC=CC2S1.NCc1cccc(C(=O)N(CC(=O)O)c2ccccc2)c1. The van der Waals surface area contributed by atoms with Crippen molar-refractivity contribution in [3.8, 4) is 0 Å². The Balaban J connectivity index is 0.000000215. The number of hydrogen-bond acceptors (Lipinski definition) is 6. The number of carbonyl (C=O) groups excluding carboxylic acids is 2. The summed E-state index contributed by atoms with van der Waals surface area (Å²) in [5, 5.41) is 12.3. The van der Waals surface area contributed by atoms with Gasteiger partial charge in [0.15, 0.2) is 0 Å². The van der Waals surface area contributed by atoms with Gasteiger partial charge in [0.05, 0.1) is 0 Å². The molecule has 2 aliphatic rings. The Morgan fingerprint density at radius 1 is 1.03 bits per heavy atom. The quantitative estimate of drug-likeness (QED) is 0.510. The Labute approximate surface area is 196 Å². The lowest BCUT2D eigenvalue weighted by Crippen LogP contribution is -2.38. The molecule has 1 saturated heterocycles. The van der Waals surface area contributed by atoms with Crippen molar-refractivity contribution in [3.05, 3.63) is 90.0 Å². The van der Waals surface area contributed by atoms with Gasteiger partial charge in [0.25, 0.3) is 5.91 Å². The van der Waals surface area contributed by atoms with Crippen molar-refractivity contribution in [1.29, 1.82) is 0 Å². The third-order valence-electron chi connectivity index (χ3n) is 5.00. The number of benzene rings is 2. The number of carbonyl (C=O) groups is 3. The van der Waals surface area contributed by atoms with Crippen LogP contribution in [0.1, 0.15) is 15.9 Å². The maximum Gasteiger partial charge on any atom is 0.323 e. The molecule has 0 aromatic heterocycles. The molecule has 2 amide bonds. The molecule has 1 aliphatic carbocycles. The first-order valence-electron chi connectivity index (χ1n) is 10.3. The minimum atomic E-state index is -1.07. The number of nitrogens with one attached hydrogen (secondary N) is 1. The number of thioether (sulfide) groups is 1. The third kappa shape index (κ3) is 6.55. The summed E-state index contributed by atoms with van der Waals surface area (Å²) in [5.74, 6) is -1.71. The number of rotatable bonds is 6. The largest absolute Gasteiger partial charge is 0.480 e. The number of amides is 2. The van der Waals surface area contributed by atoms with Crippen LogP contribution >= 0.6 is 11.8 Å². The minimum absolute atomic E-state index is 0.229. The molecular weight excluding hydrogens is 440 g/mol. The molecule has 9 heteroatoms. The van der Waals surface area contributed by atoms with Crippen molar-refractivity contribution in [2.24, 2.45) is 11.5 Å². The van der Waals surface area contributed by atoms with E-state index in [1.54, 1.807) is 54.2 Å². The summed E-state index contributed by atoms with van der Waals surface area (Å²) in [4.78, 5) is 35.7. The smallest absolute Gasteiger partial charge is 0.323 e. The number of hydrogen-bond donors (Lipinski definition) is 4. The Morgan fingerprint density at radius 2 is 1.76 bits per heavy atom. The summed E-state index contributed by atoms with van der Waals surface area (Å²) in [5.41, 5.74) is 12.5. The van der Waals surface area contributed by atoms with Crippen LogP contribution in [0.2, 0.25) is 0 Å². The van der Waals surface area contributed by atoms with E-state index in [2.05, 4.69) is 17.5 Å². The van der Waals surface area contributed by atoms with Gasteiger partial charge in [-0.05, 0) is 29.8 Å². The molecule has 2 aromatic rings. The average Bonchev–Trinajstić information content (AvgIpc) is 3.28. The van der Waals surface area contributed by atoms with Gasteiger partial charge in [0.2, 0.25) is 5.91 Å². The Hall–Kier alpha value is -3.40. The van der Waals surface area contributed by atoms with Gasteiger partial charge in [0, 0.05) is 29.1 Å². The number of carboxylic acid groups (broad SMARTS) is 1. The molecule has 2 aromatic carbocycles. The number of aliphatic carboxylic acids is 1. The monoisotopic (exact) mass is 466 g/mol. The molecule has 0 saturated carbocycles. The molecule has 3 atom stereocenters. The molecule has 0 bridgehead atoms. The molecule has 33 heavy (non-hydrogen) atoms. The minimum Gasteiger partial charge on any atom is -0.480 e. The zero-order valence-corrected chi connectivity index (χ0v) is 18.7. The van der Waals surface area contributed by atoms with Crippen molar-refractivity contribution in [1.82, 2.24) is 5.32 Å². The van der Waals surface area contributed by atoms with Crippen LogP contribution in [0.25, 0.3) is 0 Å². The first kappa shape index (κ1) is 24.2. The second-order valence-electron chi connectivity index (χ2n) is 7.37. The van der Waals surface area contributed by atoms with E-state index in [-0.39, 0.29) is 23.2 Å². The van der Waals surface area contributed by atoms with Crippen LogP contribution in [0, 0.1) is 0 Å². The number of anilines is 1. The van der Waals surface area contributed by atoms with E-state index in [0.29, 0.717) is 23.0 Å². The van der Waals surface area contributed by atoms with Gasteiger partial charge in [0.1, 0.15) is 11.9 Å². The Morgan fingerprint density at radius 3 is 2.39 bits per heavy atom. The second-order valence-corrected chi connectivity index (χ2v) is 8.66. The van der Waals surface area contributed by atoms with Gasteiger partial charge < -0.3 is 16.6 Å². The standard InChI is InChI=1S/C16H16N2O3.C8H10N2OS/c17-10-12-5-4-6-13(9-12)16(21)18(11-15(19)20)14-7-2-1-3-8-14;9-7(11)8-10-5-3-1-2-4-6(5)12-8/h1-9H,10-11,17H2,(H,19,20);1-6,8,10H,(H2,9,11). The summed E-state index contributed by atoms with van der Waals surface area (Å²) < 4.78 is 0. The summed E-state index contributed by atoms with van der Waals surface area (Å²) in [6.07, 6.45) is 8.13. The predicted molar refractivity (Wildman–Crippen MR) is 130 cm³/mol. The summed E-state index contributed by atoms with van der Waals surface area (Å²) in [7, 11) is 0. The number of nitrogens with two attached hydrogens (primary N) is 2. The van der Waals surface area contributed by atoms with Crippen LogP contribution in [0.5, 0.6) is 0 Å². The molecule has 1 heterocycles. The highest BCUT2D eigenvalue weighted by molar-refractivity contribution is 8.01. The first-order valence-corrected chi connectivity index (χ1v) is 11.3. The van der Waals surface area contributed by atoms with E-state index < -0.39 is 12.5 Å². The van der Waals surface area contributed by atoms with Crippen LogP contribution in [0.15, 0.2) is 78.9 Å². The van der Waals surface area contributed by atoms with E-state index in [4.69, 9.17) is 16.6 Å². The lowest BCUT2D eigenvalue weighted by atomic mass is 10.1. The second kappa shape index (κ2) is 11.5. The molecule has 0 radical (unpaired) electrons. The molecule has 0 spiro atoms. The number of allylic oxidation sites excluding steroid dienone is 2. The summed E-state index contributed by atoms with van der Waals surface area (Å²) in [6.45, 7) is -0.0684. The summed E-state index contributed by atoms with van der Waals surface area (Å²) in [6, 6.07) is 15.9. The third-order valence-corrected chi connectivity index (χ3v) is 6.40. The zero-order chi connectivity index (χ0) is 23.8. The van der Waals surface area contributed by atoms with Gasteiger partial charge in [-0.15, -0.1) is 11.8 Å². The highest BCUT2D eigenvalue weighted by Crippen LogP contribution is 2.30. The fraction of sp³-hybridized carbons (Fsp3) is 0.208. The maximum atomic E-state index is 12.6. The molecule has 4 rings (SSSR count). The highest BCUT2D eigenvalue weighted by Gasteiger charge is 2.34. The maximum absolute atomic E-state index is 12.6. The predicted octanol–water partition coefficient (Wildman–Crippen LogP) is 1.87. The number of nitrogens with zero attached hydrogens (tertiary/aromatic N) is 1. The van der Waals surface area contributed by atoms with E-state index in [9.17, 15) is 14.4 Å². The van der Waals surface area contributed by atoms with Gasteiger partial charge >= 0.3 is 5.97 Å². The number of para-hydroxylation sites is 1. The molecular formula is C24H26N4O4S. The van der Waals surface area contributed by atoms with E-state index >= 15 is 0 Å². The Kier molecular flexibility index (Phi) is 8.42. The number of fused-ring (bicyclic) bond motifs is 1. The van der Waals surface area contributed by atoms with Crippen LogP contribution in [-0.4, -0.2) is 46.1 Å². The number of primary amides is 1. The fourth-order valence-electron chi connectivity index (χ4n) is 3.40. The van der Waals surface area contributed by atoms with Crippen molar-refractivity contribution in [2.75, 3.05) is 11.4 Å². The molecule has 1 fully saturated rings. The van der Waals surface area contributed by atoms with E-state index in [0.717, 1.165) is 5.56 Å². The van der Waals surface area contributed by atoms with Crippen LogP contribution < -0.4 is 21.7 Å². The zero-order valence-electron chi connectivity index (χ0n) is 17.8. The molecule has 1 aliphatic heterocycles. The van der Waals surface area contributed by atoms with Crippen LogP contribution in [0.4, 0.5) is 5.69 Å².